The lowest BCUT2D eigenvalue weighted by Crippen LogP contribution is -2.36. The van der Waals surface area contributed by atoms with E-state index in [1.54, 1.807) is 0 Å². The second kappa shape index (κ2) is 5.98. The van der Waals surface area contributed by atoms with E-state index in [-0.39, 0.29) is 22.9 Å². The Labute approximate surface area is 148 Å². The Morgan fingerprint density at radius 3 is 2.56 bits per heavy atom. The normalized spacial score (nSPS) is 25.4. The lowest BCUT2D eigenvalue weighted by atomic mass is 9.68. The van der Waals surface area contributed by atoms with Gasteiger partial charge < -0.3 is 4.74 Å². The van der Waals surface area contributed by atoms with Crippen LogP contribution in [-0.4, -0.2) is 11.6 Å². The molecule has 2 aliphatic carbocycles. The zero-order chi connectivity index (χ0) is 17.6. The first kappa shape index (κ1) is 16.3. The second-order valence-electron chi connectivity index (χ2n) is 8.25. The summed E-state index contributed by atoms with van der Waals surface area (Å²) in [6.45, 7) is 4.22. The molecule has 3 nitrogen and oxygen atoms in total. The Kier molecular flexibility index (Phi) is 3.90. The van der Waals surface area contributed by atoms with Gasteiger partial charge in [0.25, 0.3) is 0 Å². The fourth-order valence-electron chi connectivity index (χ4n) is 4.45. The maximum Gasteiger partial charge on any atom is 0.163 e. The van der Waals surface area contributed by atoms with Crippen molar-refractivity contribution in [1.29, 1.82) is 0 Å². The van der Waals surface area contributed by atoms with E-state index in [1.807, 2.05) is 18.2 Å². The topological polar surface area (TPSA) is 43.4 Å². The minimum Gasteiger partial charge on any atom is -0.465 e. The molecular formula is C22H24O3. The van der Waals surface area contributed by atoms with Gasteiger partial charge in [0.05, 0.1) is 0 Å². The van der Waals surface area contributed by atoms with Crippen LogP contribution >= 0.6 is 0 Å². The summed E-state index contributed by atoms with van der Waals surface area (Å²) in [7, 11) is 0. The molecule has 0 bridgehead atoms. The van der Waals surface area contributed by atoms with Gasteiger partial charge in [-0.25, -0.2) is 0 Å². The number of Topliss-reactive ketones (excluding diaryl/α,β-unsaturated/α-hetero) is 2. The van der Waals surface area contributed by atoms with Gasteiger partial charge in [0.15, 0.2) is 11.6 Å². The van der Waals surface area contributed by atoms with Crippen LogP contribution in [0.1, 0.15) is 51.5 Å². The van der Waals surface area contributed by atoms with Crippen LogP contribution in [0.15, 0.2) is 53.0 Å². The van der Waals surface area contributed by atoms with E-state index in [4.69, 9.17) is 4.74 Å². The highest BCUT2D eigenvalue weighted by molar-refractivity contribution is 6.04. The smallest absolute Gasteiger partial charge is 0.163 e. The van der Waals surface area contributed by atoms with Gasteiger partial charge in [0.1, 0.15) is 11.5 Å². The summed E-state index contributed by atoms with van der Waals surface area (Å²) in [5.74, 6) is 1.86. The van der Waals surface area contributed by atoms with Crippen LogP contribution in [0.25, 0.3) is 0 Å². The van der Waals surface area contributed by atoms with Gasteiger partial charge in [-0.3, -0.25) is 9.59 Å². The summed E-state index contributed by atoms with van der Waals surface area (Å²) in [5, 5.41) is 0. The molecule has 1 atom stereocenters. The molecule has 0 radical (unpaired) electrons. The quantitative estimate of drug-likeness (QED) is 0.797. The van der Waals surface area contributed by atoms with E-state index in [9.17, 15) is 9.59 Å². The van der Waals surface area contributed by atoms with Crippen molar-refractivity contribution >= 4 is 11.6 Å². The van der Waals surface area contributed by atoms with E-state index in [0.717, 1.165) is 47.5 Å². The molecule has 3 aliphatic rings. The van der Waals surface area contributed by atoms with Crippen LogP contribution in [0.3, 0.4) is 0 Å². The summed E-state index contributed by atoms with van der Waals surface area (Å²) in [5.41, 5.74) is 2.61. The molecule has 1 heterocycles. The first-order chi connectivity index (χ1) is 11.9. The zero-order valence-corrected chi connectivity index (χ0v) is 14.9. The van der Waals surface area contributed by atoms with Crippen molar-refractivity contribution in [2.24, 2.45) is 11.3 Å². The first-order valence-corrected chi connectivity index (χ1v) is 9.19. The highest BCUT2D eigenvalue weighted by atomic mass is 16.5. The van der Waals surface area contributed by atoms with Gasteiger partial charge in [0.2, 0.25) is 0 Å². The molecule has 130 valence electrons. The van der Waals surface area contributed by atoms with Gasteiger partial charge in [-0.1, -0.05) is 44.2 Å². The molecule has 0 spiro atoms. The Morgan fingerprint density at radius 1 is 1.04 bits per heavy atom. The van der Waals surface area contributed by atoms with Crippen molar-refractivity contribution in [3.05, 3.63) is 58.6 Å². The molecule has 1 aromatic carbocycles. The molecule has 0 N–H and O–H groups in total. The van der Waals surface area contributed by atoms with Crippen LogP contribution in [0.2, 0.25) is 0 Å². The average Bonchev–Trinajstić information content (AvgIpc) is 2.54. The van der Waals surface area contributed by atoms with Gasteiger partial charge >= 0.3 is 0 Å². The number of benzene rings is 1. The van der Waals surface area contributed by atoms with Gasteiger partial charge in [0, 0.05) is 42.7 Å². The van der Waals surface area contributed by atoms with Crippen LogP contribution in [0.4, 0.5) is 0 Å². The number of carbonyl (C=O) groups is 2. The van der Waals surface area contributed by atoms with Crippen molar-refractivity contribution in [2.45, 2.75) is 52.4 Å². The van der Waals surface area contributed by atoms with Crippen molar-refractivity contribution < 1.29 is 14.3 Å². The standard InChI is InChI=1S/C22H24O3/c1-22(2)12-17(24)21-15-9-6-10-16(23)20(15)18(25-19(21)13-22)11-14-7-4-3-5-8-14/h3-5,7-8,15H,6,9-13H2,1-2H3. The summed E-state index contributed by atoms with van der Waals surface area (Å²) in [4.78, 5) is 25.5. The first-order valence-electron chi connectivity index (χ1n) is 9.19. The third-order valence-electron chi connectivity index (χ3n) is 5.53. The van der Waals surface area contributed by atoms with E-state index in [1.165, 1.54) is 0 Å². The number of ether oxygens (including phenoxy) is 1. The molecule has 1 fully saturated rings. The largest absolute Gasteiger partial charge is 0.465 e. The fraction of sp³-hybridized carbons (Fsp3) is 0.455. The third-order valence-corrected chi connectivity index (χ3v) is 5.53. The average molecular weight is 336 g/mol. The van der Waals surface area contributed by atoms with Gasteiger partial charge in [-0.2, -0.15) is 0 Å². The Hall–Kier alpha value is -2.16. The molecule has 3 heteroatoms. The van der Waals surface area contributed by atoms with E-state index < -0.39 is 0 Å². The molecule has 1 aliphatic heterocycles. The highest BCUT2D eigenvalue weighted by Gasteiger charge is 2.44. The maximum absolute atomic E-state index is 12.8. The van der Waals surface area contributed by atoms with Gasteiger partial charge in [-0.05, 0) is 23.8 Å². The monoisotopic (exact) mass is 336 g/mol. The Balaban J connectivity index is 1.76. The third kappa shape index (κ3) is 2.97. The Bertz CT molecular complexity index is 796. The number of hydrogen-bond acceptors (Lipinski definition) is 3. The van der Waals surface area contributed by atoms with Crippen molar-refractivity contribution in [1.82, 2.24) is 0 Å². The molecule has 1 saturated carbocycles. The second-order valence-corrected chi connectivity index (χ2v) is 8.25. The molecule has 0 amide bonds. The molecule has 0 aromatic heterocycles. The number of fused-ring (bicyclic) bond motifs is 2. The molecule has 1 aromatic rings. The van der Waals surface area contributed by atoms with Gasteiger partial charge in [-0.15, -0.1) is 0 Å². The lowest BCUT2D eigenvalue weighted by Gasteiger charge is -2.40. The molecule has 25 heavy (non-hydrogen) atoms. The number of ketones is 2. The fourth-order valence-corrected chi connectivity index (χ4v) is 4.45. The van der Waals surface area contributed by atoms with E-state index >= 15 is 0 Å². The predicted molar refractivity (Wildman–Crippen MR) is 95.7 cm³/mol. The number of hydrogen-bond donors (Lipinski definition) is 0. The van der Waals surface area contributed by atoms with Crippen LogP contribution < -0.4 is 0 Å². The Morgan fingerprint density at radius 2 is 1.80 bits per heavy atom. The van der Waals surface area contributed by atoms with Crippen molar-refractivity contribution in [2.75, 3.05) is 0 Å². The number of rotatable bonds is 2. The summed E-state index contributed by atoms with van der Waals surface area (Å²) >= 11 is 0. The SMILES string of the molecule is CC1(C)CC(=O)C2=C(C1)OC(Cc1ccccc1)=C1C(=O)CCCC12. The number of allylic oxidation sites excluding steroid dienone is 4. The van der Waals surface area contributed by atoms with Crippen LogP contribution in [0, 0.1) is 11.3 Å². The summed E-state index contributed by atoms with van der Waals surface area (Å²) < 4.78 is 6.26. The molecule has 1 unspecified atom stereocenters. The summed E-state index contributed by atoms with van der Waals surface area (Å²) in [6, 6.07) is 10.1. The maximum atomic E-state index is 12.8. The molecular weight excluding hydrogens is 312 g/mol. The predicted octanol–water partition coefficient (Wildman–Crippen LogP) is 4.53. The summed E-state index contributed by atoms with van der Waals surface area (Å²) in [6.07, 6.45) is 4.23. The minimum atomic E-state index is -0.0794. The minimum absolute atomic E-state index is 0.0488. The van der Waals surface area contributed by atoms with E-state index in [0.29, 0.717) is 19.3 Å². The lowest BCUT2D eigenvalue weighted by molar-refractivity contribution is -0.120. The van der Waals surface area contributed by atoms with Crippen LogP contribution in [-0.2, 0) is 20.7 Å². The van der Waals surface area contributed by atoms with Crippen LogP contribution in [0.5, 0.6) is 0 Å². The van der Waals surface area contributed by atoms with Crippen molar-refractivity contribution in [3.63, 3.8) is 0 Å². The number of carbonyl (C=O) groups excluding carboxylic acids is 2. The van der Waals surface area contributed by atoms with E-state index in [2.05, 4.69) is 26.0 Å². The zero-order valence-electron chi connectivity index (χ0n) is 14.9. The highest BCUT2D eigenvalue weighted by Crippen LogP contribution is 2.48. The van der Waals surface area contributed by atoms with Crippen molar-refractivity contribution in [3.8, 4) is 0 Å². The molecule has 4 rings (SSSR count). The molecule has 0 saturated heterocycles.